The molecule has 1 rings (SSSR count). The fourth-order valence-electron chi connectivity index (χ4n) is 2.14. The number of hydrogen-bond acceptors (Lipinski definition) is 3. The summed E-state index contributed by atoms with van der Waals surface area (Å²) in [5, 5.41) is 9.24. The van der Waals surface area contributed by atoms with Gasteiger partial charge in [0.2, 0.25) is 0 Å². The van der Waals surface area contributed by atoms with Crippen LogP contribution in [0.3, 0.4) is 0 Å². The van der Waals surface area contributed by atoms with E-state index in [1.165, 1.54) is 0 Å². The number of rotatable bonds is 4. The van der Waals surface area contributed by atoms with E-state index in [1.807, 2.05) is 0 Å². The second-order valence-corrected chi connectivity index (χ2v) is 6.13. The fraction of sp³-hybridized carbons (Fsp3) is 1.00. The minimum absolute atomic E-state index is 0. The predicted octanol–water partition coefficient (Wildman–Crippen LogP) is 2.61. The van der Waals surface area contributed by atoms with Crippen molar-refractivity contribution in [2.75, 3.05) is 13.2 Å². The minimum atomic E-state index is -0.0256. The second-order valence-electron chi connectivity index (χ2n) is 4.36. The van der Waals surface area contributed by atoms with Crippen molar-refractivity contribution in [3.05, 3.63) is 0 Å². The van der Waals surface area contributed by atoms with Crippen molar-refractivity contribution in [3.63, 3.8) is 0 Å². The van der Waals surface area contributed by atoms with Crippen molar-refractivity contribution in [1.29, 1.82) is 0 Å². The quantitative estimate of drug-likeness (QED) is 0.586. The van der Waals surface area contributed by atoms with E-state index in [-0.39, 0.29) is 37.4 Å². The molecule has 0 aromatic carbocycles. The Labute approximate surface area is 125 Å². The molecule has 1 radical (unpaired) electrons. The van der Waals surface area contributed by atoms with E-state index in [2.05, 4.69) is 42.8 Å². The van der Waals surface area contributed by atoms with Crippen molar-refractivity contribution in [2.24, 2.45) is 17.8 Å². The maximum Gasteiger partial charge on any atom is 0.0845 e. The molecule has 1 N–H and O–H groups in total. The molecule has 3 nitrogen and oxygen atoms in total. The molecule has 0 aromatic heterocycles. The Kier molecular flexibility index (Phi) is 9.56. The second kappa shape index (κ2) is 8.68. The smallest absolute Gasteiger partial charge is 0.0845 e. The molecular weight excluding hydrogens is 377 g/mol. The Bertz CT molecular complexity index is 197. The van der Waals surface area contributed by atoms with E-state index in [0.717, 1.165) is 0 Å². The average Bonchev–Trinajstić information content (AvgIpc) is 2.25. The Morgan fingerprint density at radius 3 is 2.25 bits per heavy atom. The minimum Gasteiger partial charge on any atom is -0.394 e. The summed E-state index contributed by atoms with van der Waals surface area (Å²) in [6.45, 7) is 7.83. The van der Waals surface area contributed by atoms with Gasteiger partial charge in [-0.2, -0.15) is 0 Å². The van der Waals surface area contributed by atoms with Crippen molar-refractivity contribution in [3.8, 4) is 0 Å². The number of ether oxygens (including phenoxy) is 1. The van der Waals surface area contributed by atoms with Crippen LogP contribution in [-0.4, -0.2) is 30.5 Å². The van der Waals surface area contributed by atoms with Crippen LogP contribution in [0.4, 0.5) is 0 Å². The molecule has 0 spiro atoms. The van der Waals surface area contributed by atoms with Crippen LogP contribution in [0.25, 0.3) is 0 Å². The van der Waals surface area contributed by atoms with Gasteiger partial charge in [0.1, 0.15) is 0 Å². The van der Waals surface area contributed by atoms with E-state index in [1.54, 1.807) is 0 Å². The first-order chi connectivity index (χ1) is 7.11. The molecule has 95 valence electrons. The SMILES string of the molecule is C[C@@H]1[C@@H](C)[C@H](CO)O[C@H](COPI)[C@@H]1C.[V]. The third-order valence-electron chi connectivity index (χ3n) is 3.66. The van der Waals surface area contributed by atoms with E-state index in [9.17, 15) is 5.11 Å². The third kappa shape index (κ3) is 4.38. The number of halogens is 1. The molecule has 16 heavy (non-hydrogen) atoms. The van der Waals surface area contributed by atoms with E-state index in [4.69, 9.17) is 9.26 Å². The predicted molar refractivity (Wildman–Crippen MR) is 71.5 cm³/mol. The van der Waals surface area contributed by atoms with Crippen molar-refractivity contribution in [2.45, 2.75) is 33.0 Å². The van der Waals surface area contributed by atoms with Gasteiger partial charge >= 0.3 is 0 Å². The topological polar surface area (TPSA) is 38.7 Å². The summed E-state index contributed by atoms with van der Waals surface area (Å²) in [7, 11) is 0. The fourth-order valence-corrected chi connectivity index (χ4v) is 2.91. The third-order valence-corrected chi connectivity index (χ3v) is 4.87. The molecule has 1 fully saturated rings. The van der Waals surface area contributed by atoms with Crippen molar-refractivity contribution < 1.29 is 32.9 Å². The Morgan fingerprint density at radius 2 is 1.75 bits per heavy atom. The Hall–Kier alpha value is 1.62. The molecule has 0 amide bonds. The van der Waals surface area contributed by atoms with Crippen LogP contribution in [0.2, 0.25) is 0 Å². The molecule has 0 aliphatic carbocycles. The number of aliphatic hydroxyl groups excluding tert-OH is 1. The van der Waals surface area contributed by atoms with Gasteiger partial charge in [-0.1, -0.05) is 20.8 Å². The summed E-state index contributed by atoms with van der Waals surface area (Å²) in [5.41, 5.74) is 0. The monoisotopic (exact) mass is 397 g/mol. The van der Waals surface area contributed by atoms with Gasteiger partial charge in [0, 0.05) is 18.6 Å². The van der Waals surface area contributed by atoms with Crippen LogP contribution in [0.1, 0.15) is 20.8 Å². The van der Waals surface area contributed by atoms with Gasteiger partial charge in [0.25, 0.3) is 0 Å². The first-order valence-corrected chi connectivity index (χ1v) is 9.37. The molecule has 0 bridgehead atoms. The molecular formula is C10H20IO3PV. The molecule has 0 saturated carbocycles. The summed E-state index contributed by atoms with van der Waals surface area (Å²) >= 11 is 2.22. The number of aliphatic hydroxyl groups is 1. The van der Waals surface area contributed by atoms with E-state index < -0.39 is 0 Å². The molecule has 1 aliphatic rings. The average molecular weight is 397 g/mol. The normalized spacial score (nSPS) is 39.9. The molecule has 1 saturated heterocycles. The van der Waals surface area contributed by atoms with Crippen molar-refractivity contribution in [1.82, 2.24) is 0 Å². The van der Waals surface area contributed by atoms with Crippen LogP contribution in [0.5, 0.6) is 0 Å². The first kappa shape index (κ1) is 17.6. The van der Waals surface area contributed by atoms with Crippen LogP contribution in [-0.2, 0) is 27.8 Å². The van der Waals surface area contributed by atoms with Gasteiger partial charge in [-0.15, -0.1) is 0 Å². The van der Waals surface area contributed by atoms with Gasteiger partial charge in [-0.25, -0.2) is 0 Å². The maximum absolute atomic E-state index is 9.24. The van der Waals surface area contributed by atoms with Gasteiger partial charge in [0.05, 0.1) is 31.9 Å². The summed E-state index contributed by atoms with van der Waals surface area (Å²) in [4.78, 5) is 0. The molecule has 1 heterocycles. The van der Waals surface area contributed by atoms with Crippen LogP contribution < -0.4 is 0 Å². The summed E-state index contributed by atoms with van der Waals surface area (Å²) in [6.07, 6.45) is 0.109. The van der Waals surface area contributed by atoms with Gasteiger partial charge in [0.15, 0.2) is 0 Å². The maximum atomic E-state index is 9.24. The van der Waals surface area contributed by atoms with E-state index >= 15 is 0 Å². The first-order valence-electron chi connectivity index (χ1n) is 5.35. The van der Waals surface area contributed by atoms with Gasteiger partial charge in [-0.3, -0.25) is 0 Å². The Balaban J connectivity index is 0.00000225. The Morgan fingerprint density at radius 1 is 1.19 bits per heavy atom. The van der Waals surface area contributed by atoms with Crippen molar-refractivity contribution >= 4 is 28.5 Å². The molecule has 6 atom stereocenters. The van der Waals surface area contributed by atoms with Crippen LogP contribution >= 0.6 is 28.5 Å². The summed E-state index contributed by atoms with van der Waals surface area (Å²) in [5.74, 6) is 1.49. The van der Waals surface area contributed by atoms with Crippen LogP contribution in [0, 0.1) is 17.8 Å². The zero-order chi connectivity index (χ0) is 11.4. The van der Waals surface area contributed by atoms with Gasteiger partial charge in [-0.05, 0) is 39.8 Å². The van der Waals surface area contributed by atoms with Crippen LogP contribution in [0.15, 0.2) is 0 Å². The van der Waals surface area contributed by atoms with Gasteiger partial charge < -0.3 is 14.4 Å². The van der Waals surface area contributed by atoms with E-state index in [0.29, 0.717) is 30.8 Å². The standard InChI is InChI=1S/C10H20IO3P.V/c1-6-7(2)9(4-12)14-10(8(6)3)5-13-15-11;/h6-10,12,15H,4-5H2,1-3H3;/t6-,7-,8-,9+,10-;/m1./s1. The zero-order valence-electron chi connectivity index (χ0n) is 9.89. The zero-order valence-corrected chi connectivity index (χ0v) is 14.4. The molecule has 1 unspecified atom stereocenters. The summed E-state index contributed by atoms with van der Waals surface area (Å²) in [6, 6.07) is 0. The molecule has 0 aromatic rings. The summed E-state index contributed by atoms with van der Waals surface area (Å²) < 4.78 is 11.3. The molecule has 6 heteroatoms. The number of hydrogen-bond donors (Lipinski definition) is 1. The molecule has 1 aliphatic heterocycles. The largest absolute Gasteiger partial charge is 0.394 e.